The Morgan fingerprint density at radius 3 is 2.46 bits per heavy atom. The number of amides is 1. The van der Waals surface area contributed by atoms with Crippen LogP contribution in [-0.2, 0) is 9.53 Å². The first-order valence-corrected chi connectivity index (χ1v) is 8.67. The quantitative estimate of drug-likeness (QED) is 0.617. The Bertz CT molecular complexity index is 740. The third-order valence-corrected chi connectivity index (χ3v) is 4.57. The molecule has 0 radical (unpaired) electrons. The highest BCUT2D eigenvalue weighted by Crippen LogP contribution is 2.40. The van der Waals surface area contributed by atoms with E-state index in [-0.39, 0.29) is 11.8 Å². The lowest BCUT2D eigenvalue weighted by molar-refractivity contribution is -0.113. The number of anilines is 1. The molecule has 0 saturated carbocycles. The summed E-state index contributed by atoms with van der Waals surface area (Å²) in [5, 5.41) is 3.10. The van der Waals surface area contributed by atoms with Gasteiger partial charge in [-0.3, -0.25) is 4.79 Å². The van der Waals surface area contributed by atoms with Gasteiger partial charge in [0.05, 0.1) is 13.7 Å². The molecule has 2 rings (SSSR count). The van der Waals surface area contributed by atoms with Crippen LogP contribution in [0.3, 0.4) is 0 Å². The molecular formula is C17H18ClNO4S. The van der Waals surface area contributed by atoms with Crippen LogP contribution in [0.15, 0.2) is 24.3 Å². The zero-order valence-electron chi connectivity index (χ0n) is 13.6. The monoisotopic (exact) mass is 367 g/mol. The molecule has 0 aliphatic carbocycles. The maximum absolute atomic E-state index is 12.3. The first kappa shape index (κ1) is 18.3. The first-order valence-electron chi connectivity index (χ1n) is 7.32. The van der Waals surface area contributed by atoms with Crippen LogP contribution in [0.2, 0.25) is 0 Å². The topological polar surface area (TPSA) is 64.6 Å². The molecule has 24 heavy (non-hydrogen) atoms. The first-order chi connectivity index (χ1) is 11.5. The molecule has 1 aromatic heterocycles. The molecular weight excluding hydrogens is 350 g/mol. The Balaban J connectivity index is 2.51. The van der Waals surface area contributed by atoms with Gasteiger partial charge in [0.1, 0.15) is 22.2 Å². The van der Waals surface area contributed by atoms with Gasteiger partial charge in [0.15, 0.2) is 0 Å². The highest BCUT2D eigenvalue weighted by molar-refractivity contribution is 7.17. The van der Waals surface area contributed by atoms with Crippen LogP contribution < -0.4 is 10.1 Å². The van der Waals surface area contributed by atoms with E-state index in [0.29, 0.717) is 17.2 Å². The van der Waals surface area contributed by atoms with E-state index in [1.807, 2.05) is 38.1 Å². The van der Waals surface area contributed by atoms with Gasteiger partial charge in [-0.2, -0.15) is 0 Å². The molecule has 128 valence electrons. The average Bonchev–Trinajstić information content (AvgIpc) is 2.91. The number of esters is 1. The Morgan fingerprint density at radius 2 is 1.92 bits per heavy atom. The number of hydrogen-bond donors (Lipinski definition) is 1. The Kier molecular flexibility index (Phi) is 6.23. The molecule has 1 heterocycles. The van der Waals surface area contributed by atoms with E-state index in [1.54, 1.807) is 0 Å². The molecule has 0 saturated heterocycles. The van der Waals surface area contributed by atoms with Gasteiger partial charge < -0.3 is 14.8 Å². The number of carbonyl (C=O) groups excluding carboxylic acids is 2. The van der Waals surface area contributed by atoms with E-state index < -0.39 is 5.97 Å². The van der Waals surface area contributed by atoms with Crippen LogP contribution in [0.5, 0.6) is 5.75 Å². The number of methoxy groups -OCH3 is 1. The maximum atomic E-state index is 12.3. The normalized spacial score (nSPS) is 10.3. The highest BCUT2D eigenvalue weighted by Gasteiger charge is 2.24. The molecule has 1 aromatic carbocycles. The molecule has 7 heteroatoms. The van der Waals surface area contributed by atoms with E-state index in [0.717, 1.165) is 21.8 Å². The van der Waals surface area contributed by atoms with Gasteiger partial charge in [-0.25, -0.2) is 4.79 Å². The summed E-state index contributed by atoms with van der Waals surface area (Å²) in [7, 11) is 1.31. The molecule has 5 nitrogen and oxygen atoms in total. The minimum atomic E-state index is -0.506. The van der Waals surface area contributed by atoms with Crippen molar-refractivity contribution in [3.8, 4) is 16.9 Å². The molecule has 0 unspecified atom stereocenters. The second-order valence-corrected chi connectivity index (χ2v) is 6.36. The summed E-state index contributed by atoms with van der Waals surface area (Å²) in [5.74, 6) is -0.311. The SMILES string of the molecule is CCOc1ccc(-c2c(C)sc(NC(=O)CCl)c2C(=O)OC)cc1. The molecule has 1 N–H and O–H groups in total. The van der Waals surface area contributed by atoms with Crippen LogP contribution in [-0.4, -0.2) is 31.5 Å². The van der Waals surface area contributed by atoms with Crippen LogP contribution in [0, 0.1) is 6.92 Å². The van der Waals surface area contributed by atoms with Crippen molar-refractivity contribution in [1.82, 2.24) is 0 Å². The minimum Gasteiger partial charge on any atom is -0.494 e. The molecule has 2 aromatic rings. The summed E-state index contributed by atoms with van der Waals surface area (Å²) in [5.41, 5.74) is 1.92. The molecule has 0 aliphatic rings. The van der Waals surface area contributed by atoms with Gasteiger partial charge in [0.2, 0.25) is 5.91 Å². The van der Waals surface area contributed by atoms with E-state index >= 15 is 0 Å². The van der Waals surface area contributed by atoms with Gasteiger partial charge in [-0.1, -0.05) is 12.1 Å². The van der Waals surface area contributed by atoms with Crippen LogP contribution in [0.25, 0.3) is 11.1 Å². The molecule has 1 amide bonds. The van der Waals surface area contributed by atoms with Crippen LogP contribution >= 0.6 is 22.9 Å². The van der Waals surface area contributed by atoms with Gasteiger partial charge in [0.25, 0.3) is 0 Å². The third-order valence-electron chi connectivity index (χ3n) is 3.30. The fraction of sp³-hybridized carbons (Fsp3) is 0.294. The lowest BCUT2D eigenvalue weighted by atomic mass is 10.0. The highest BCUT2D eigenvalue weighted by atomic mass is 35.5. The van der Waals surface area contributed by atoms with Crippen molar-refractivity contribution >= 4 is 39.8 Å². The molecule has 0 fully saturated rings. The lowest BCUT2D eigenvalue weighted by Gasteiger charge is -2.08. The predicted molar refractivity (Wildman–Crippen MR) is 96.4 cm³/mol. The average molecular weight is 368 g/mol. The van der Waals surface area contributed by atoms with Crippen molar-refractivity contribution in [2.45, 2.75) is 13.8 Å². The largest absolute Gasteiger partial charge is 0.494 e. The Morgan fingerprint density at radius 1 is 1.25 bits per heavy atom. The molecule has 0 spiro atoms. The molecule has 0 aliphatic heterocycles. The van der Waals surface area contributed by atoms with Crippen molar-refractivity contribution in [3.63, 3.8) is 0 Å². The lowest BCUT2D eigenvalue weighted by Crippen LogP contribution is -2.14. The summed E-state index contributed by atoms with van der Waals surface area (Å²) >= 11 is 6.86. The van der Waals surface area contributed by atoms with Gasteiger partial charge >= 0.3 is 5.97 Å². The van der Waals surface area contributed by atoms with Crippen molar-refractivity contribution in [3.05, 3.63) is 34.7 Å². The van der Waals surface area contributed by atoms with Crippen LogP contribution in [0.1, 0.15) is 22.2 Å². The summed E-state index contributed by atoms with van der Waals surface area (Å²) in [6.45, 7) is 4.39. The molecule has 0 atom stereocenters. The number of nitrogens with one attached hydrogen (secondary N) is 1. The summed E-state index contributed by atoms with van der Waals surface area (Å²) in [6, 6.07) is 7.43. The Labute approximate surface area is 149 Å². The zero-order chi connectivity index (χ0) is 17.7. The number of carbonyl (C=O) groups is 2. The number of ether oxygens (including phenoxy) is 2. The van der Waals surface area contributed by atoms with Crippen molar-refractivity contribution < 1.29 is 19.1 Å². The van der Waals surface area contributed by atoms with Gasteiger partial charge in [0, 0.05) is 10.4 Å². The van der Waals surface area contributed by atoms with E-state index in [1.165, 1.54) is 18.4 Å². The predicted octanol–water partition coefficient (Wildman–Crippen LogP) is 4.09. The second-order valence-electron chi connectivity index (χ2n) is 4.87. The zero-order valence-corrected chi connectivity index (χ0v) is 15.2. The van der Waals surface area contributed by atoms with Crippen molar-refractivity contribution in [1.29, 1.82) is 0 Å². The molecule has 0 bridgehead atoms. The van der Waals surface area contributed by atoms with Gasteiger partial charge in [-0.15, -0.1) is 22.9 Å². The van der Waals surface area contributed by atoms with Crippen molar-refractivity contribution in [2.24, 2.45) is 0 Å². The summed E-state index contributed by atoms with van der Waals surface area (Å²) in [6.07, 6.45) is 0. The number of aryl methyl sites for hydroxylation is 1. The van der Waals surface area contributed by atoms with Crippen LogP contribution in [0.4, 0.5) is 5.00 Å². The summed E-state index contributed by atoms with van der Waals surface area (Å²) in [4.78, 5) is 24.8. The maximum Gasteiger partial charge on any atom is 0.341 e. The van der Waals surface area contributed by atoms with Crippen molar-refractivity contribution in [2.75, 3.05) is 24.9 Å². The minimum absolute atomic E-state index is 0.185. The standard InChI is InChI=1S/C17H18ClNO4S/c1-4-23-12-7-5-11(6-8-12)14-10(2)24-16(19-13(20)9-18)15(14)17(21)22-3/h5-8H,4,9H2,1-3H3,(H,19,20). The fourth-order valence-corrected chi connectivity index (χ4v) is 3.47. The third kappa shape index (κ3) is 3.88. The van der Waals surface area contributed by atoms with Gasteiger partial charge in [-0.05, 0) is 31.5 Å². The smallest absolute Gasteiger partial charge is 0.341 e. The number of hydrogen-bond acceptors (Lipinski definition) is 5. The number of halogens is 1. The number of thiophene rings is 1. The Hall–Kier alpha value is -2.05. The number of alkyl halides is 1. The second kappa shape index (κ2) is 8.17. The number of benzene rings is 1. The fourth-order valence-electron chi connectivity index (χ4n) is 2.32. The van der Waals surface area contributed by atoms with E-state index in [9.17, 15) is 9.59 Å². The number of rotatable bonds is 6. The summed E-state index contributed by atoms with van der Waals surface area (Å²) < 4.78 is 10.3. The van der Waals surface area contributed by atoms with E-state index in [2.05, 4.69) is 5.32 Å². The van der Waals surface area contributed by atoms with E-state index in [4.69, 9.17) is 21.1 Å².